The van der Waals surface area contributed by atoms with Crippen molar-refractivity contribution >= 4 is 31.7 Å². The van der Waals surface area contributed by atoms with Gasteiger partial charge in [0.25, 0.3) is 0 Å². The van der Waals surface area contributed by atoms with Gasteiger partial charge in [-0.2, -0.15) is 0 Å². The van der Waals surface area contributed by atoms with E-state index in [4.69, 9.17) is 0 Å². The summed E-state index contributed by atoms with van der Waals surface area (Å²) in [5, 5.41) is 0. The molecule has 0 atom stereocenters. The molecule has 0 N–H and O–H groups in total. The van der Waals surface area contributed by atoms with Crippen LogP contribution in [-0.2, 0) is 17.4 Å². The Balaban J connectivity index is 0.00000144. The molecule has 0 aromatic carbocycles. The van der Waals surface area contributed by atoms with Gasteiger partial charge in [0.05, 0.1) is 0 Å². The van der Waals surface area contributed by atoms with Crippen LogP contribution in [0.1, 0.15) is 26.7 Å². The topological polar surface area (TPSA) is 0 Å². The van der Waals surface area contributed by atoms with E-state index in [0.717, 1.165) is 0 Å². The van der Waals surface area contributed by atoms with Gasteiger partial charge in [-0.25, -0.2) is 0 Å². The van der Waals surface area contributed by atoms with E-state index in [0.29, 0.717) is 0 Å². The molecule has 0 nitrogen and oxygen atoms in total. The van der Waals surface area contributed by atoms with Crippen LogP contribution >= 0.6 is 24.8 Å². The van der Waals surface area contributed by atoms with Crippen molar-refractivity contribution in [1.82, 2.24) is 0 Å². The molecule has 2 aliphatic rings. The summed E-state index contributed by atoms with van der Waals surface area (Å²) in [6.07, 6.45) is 16.5. The van der Waals surface area contributed by atoms with Crippen LogP contribution in [-0.4, -0.2) is 6.88 Å². The molecule has 2 aliphatic carbocycles. The molecular formula is C14H24Cl2SiZr. The first-order valence-corrected chi connectivity index (χ1v) is 18.3. The van der Waals surface area contributed by atoms with E-state index in [1.165, 1.54) is 21.1 Å². The van der Waals surface area contributed by atoms with Crippen molar-refractivity contribution in [2.75, 3.05) is 0 Å². The minimum atomic E-state index is -2.74. The van der Waals surface area contributed by atoms with Gasteiger partial charge < -0.3 is 0 Å². The molecule has 0 bridgehead atoms. The quantitative estimate of drug-likeness (QED) is 0.622. The maximum absolute atomic E-state index is 2.74. The number of hydrogen-bond donors (Lipinski definition) is 0. The molecule has 0 spiro atoms. The SMILES string of the molecule is C[CH2][Zr](=[SiH2])([CH2]C)([C]1=CC=CC1)[C]1=CC=CC1.Cl.Cl. The van der Waals surface area contributed by atoms with Crippen LogP contribution < -0.4 is 0 Å². The van der Waals surface area contributed by atoms with E-state index in [1.54, 1.807) is 0 Å². The van der Waals surface area contributed by atoms with Crippen molar-refractivity contribution in [3.05, 3.63) is 43.0 Å². The van der Waals surface area contributed by atoms with Gasteiger partial charge in [0.15, 0.2) is 0 Å². The smallest absolute Gasteiger partial charge is 0.147 e. The summed E-state index contributed by atoms with van der Waals surface area (Å²) in [6.45, 7) is 7.28. The minimum Gasteiger partial charge on any atom is -0.147 e. The molecule has 0 fully saturated rings. The summed E-state index contributed by atoms with van der Waals surface area (Å²) in [5.74, 6) is 0. The minimum absolute atomic E-state index is 0. The molecular weight excluding hydrogens is 358 g/mol. The zero-order valence-corrected chi connectivity index (χ0v) is 16.8. The van der Waals surface area contributed by atoms with E-state index in [-0.39, 0.29) is 24.8 Å². The van der Waals surface area contributed by atoms with Gasteiger partial charge in [-0.15, -0.1) is 24.8 Å². The molecule has 0 radical (unpaired) electrons. The third-order valence-corrected chi connectivity index (χ3v) is 34.7. The maximum atomic E-state index is 2.43. The van der Waals surface area contributed by atoms with Crippen LogP contribution in [0, 0.1) is 0 Å². The fourth-order valence-corrected chi connectivity index (χ4v) is 18.9. The monoisotopic (exact) mass is 380 g/mol. The van der Waals surface area contributed by atoms with Gasteiger partial charge in [0.1, 0.15) is 0 Å². The van der Waals surface area contributed by atoms with Crippen LogP contribution in [0.5, 0.6) is 0 Å². The molecule has 0 amide bonds. The second-order valence-electron chi connectivity index (χ2n) is 5.29. The predicted octanol–water partition coefficient (Wildman–Crippen LogP) is 4.63. The first-order chi connectivity index (χ1) is 7.64. The van der Waals surface area contributed by atoms with Crippen molar-refractivity contribution in [2.45, 2.75) is 34.9 Å². The summed E-state index contributed by atoms with van der Waals surface area (Å²) in [7, 11) is 0. The van der Waals surface area contributed by atoms with Gasteiger partial charge in [-0.05, 0) is 0 Å². The summed E-state index contributed by atoms with van der Waals surface area (Å²) in [4.78, 5) is 0. The molecule has 0 aromatic rings. The molecule has 102 valence electrons. The Morgan fingerprint density at radius 2 is 1.33 bits per heavy atom. The van der Waals surface area contributed by atoms with Gasteiger partial charge >= 0.3 is 102 Å². The Labute approximate surface area is 126 Å². The second-order valence-corrected chi connectivity index (χ2v) is 31.5. The average Bonchev–Trinajstić information content (AvgIpc) is 3.00. The van der Waals surface area contributed by atoms with Crippen molar-refractivity contribution in [1.29, 1.82) is 0 Å². The summed E-state index contributed by atoms with van der Waals surface area (Å²) in [5.41, 5.74) is 0. The van der Waals surface area contributed by atoms with Gasteiger partial charge in [0.2, 0.25) is 0 Å². The van der Waals surface area contributed by atoms with E-state index < -0.39 is 17.4 Å². The summed E-state index contributed by atoms with van der Waals surface area (Å²) >= 11 is -2.74. The normalized spacial score (nSPS) is 17.9. The first-order valence-electron chi connectivity index (χ1n) is 6.41. The van der Waals surface area contributed by atoms with Crippen LogP contribution in [0.25, 0.3) is 0 Å². The van der Waals surface area contributed by atoms with Crippen LogP contribution in [0.4, 0.5) is 0 Å². The van der Waals surface area contributed by atoms with Gasteiger partial charge in [-0.3, -0.25) is 0 Å². The van der Waals surface area contributed by atoms with Crippen LogP contribution in [0.3, 0.4) is 0 Å². The van der Waals surface area contributed by atoms with Crippen LogP contribution in [0.2, 0.25) is 8.26 Å². The fraction of sp³-hybridized carbons (Fsp3) is 0.429. The molecule has 18 heavy (non-hydrogen) atoms. The van der Waals surface area contributed by atoms with E-state index in [9.17, 15) is 0 Å². The second kappa shape index (κ2) is 6.88. The number of allylic oxidation sites excluding steroid dienone is 8. The molecule has 0 aromatic heterocycles. The molecule has 0 aliphatic heterocycles. The third kappa shape index (κ3) is 2.73. The van der Waals surface area contributed by atoms with Gasteiger partial charge in [-0.1, -0.05) is 0 Å². The molecule has 0 heterocycles. The van der Waals surface area contributed by atoms with E-state index in [2.05, 4.69) is 57.2 Å². The zero-order chi connectivity index (χ0) is 11.7. The Bertz CT molecular complexity index is 440. The third-order valence-electron chi connectivity index (χ3n) is 4.93. The molecule has 0 saturated heterocycles. The Morgan fingerprint density at radius 1 is 0.944 bits per heavy atom. The maximum Gasteiger partial charge on any atom is -0.147 e. The Kier molecular flexibility index (Phi) is 7.13. The van der Waals surface area contributed by atoms with E-state index in [1.807, 2.05) is 6.56 Å². The number of rotatable bonds is 4. The predicted molar refractivity (Wildman–Crippen MR) is 87.7 cm³/mol. The molecule has 2 rings (SSSR count). The molecule has 0 saturated carbocycles. The largest absolute Gasteiger partial charge is 0.147 e. The standard InChI is InChI=1S/2C5H5.2C2H5.2ClH.H2Si.Zr/c2*1-2-4-5-3-1;2*1-2;;;;/h2*1-3H,4H2;2*1H2,2H3;2*1H;1H2;. The fourth-order valence-electron chi connectivity index (χ4n) is 3.23. The Morgan fingerprint density at radius 3 is 1.56 bits per heavy atom. The van der Waals surface area contributed by atoms with Crippen molar-refractivity contribution < 1.29 is 17.4 Å². The number of halogens is 2. The first kappa shape index (κ1) is 18.6. The van der Waals surface area contributed by atoms with Crippen molar-refractivity contribution in [2.24, 2.45) is 0 Å². The molecule has 4 heteroatoms. The summed E-state index contributed by atoms with van der Waals surface area (Å²) < 4.78 is 6.47. The average molecular weight is 383 g/mol. The summed E-state index contributed by atoms with van der Waals surface area (Å²) in [6, 6.07) is 0. The number of hydrogen-bond acceptors (Lipinski definition) is 0. The van der Waals surface area contributed by atoms with E-state index >= 15 is 0 Å². The zero-order valence-electron chi connectivity index (χ0n) is 11.3. The van der Waals surface area contributed by atoms with Crippen LogP contribution in [0.15, 0.2) is 43.0 Å². The Hall–Kier alpha value is 0.640. The van der Waals surface area contributed by atoms with Gasteiger partial charge in [0, 0.05) is 0 Å². The molecule has 0 unspecified atom stereocenters. The van der Waals surface area contributed by atoms with Crippen molar-refractivity contribution in [3.63, 3.8) is 0 Å². The van der Waals surface area contributed by atoms with Crippen molar-refractivity contribution in [3.8, 4) is 0 Å².